The number of carbonyl (C=O) groups excluding carboxylic acids is 1. The maximum atomic E-state index is 12.2. The third-order valence-corrected chi connectivity index (χ3v) is 3.64. The van der Waals surface area contributed by atoms with Crippen LogP contribution in [0.2, 0.25) is 0 Å². The molecule has 1 amide bonds. The van der Waals surface area contributed by atoms with Crippen molar-refractivity contribution in [1.29, 1.82) is 0 Å². The number of amides is 1. The van der Waals surface area contributed by atoms with Crippen LogP contribution >= 0.6 is 11.8 Å². The number of thioether (sulfide) groups is 1. The quantitative estimate of drug-likeness (QED) is 0.391. The van der Waals surface area contributed by atoms with Gasteiger partial charge in [-0.1, -0.05) is 12.1 Å². The Morgan fingerprint density at radius 3 is 2.62 bits per heavy atom. The molecule has 0 unspecified atom stereocenters. The predicted octanol–water partition coefficient (Wildman–Crippen LogP) is 3.15. The van der Waals surface area contributed by atoms with Crippen molar-refractivity contribution in [2.45, 2.75) is 4.90 Å². The number of nitro groups is 1. The molecule has 108 valence electrons. The first kappa shape index (κ1) is 14.9. The van der Waals surface area contributed by atoms with Gasteiger partial charge in [-0.15, -0.1) is 11.8 Å². The van der Waals surface area contributed by atoms with Crippen LogP contribution < -0.4 is 11.1 Å². The fraction of sp³-hybridized carbons (Fsp3) is 0.0714. The van der Waals surface area contributed by atoms with Gasteiger partial charge in [0.25, 0.3) is 11.6 Å². The summed E-state index contributed by atoms with van der Waals surface area (Å²) in [6, 6.07) is 11.3. The molecule has 0 radical (unpaired) electrons. The molecule has 0 heterocycles. The number of hydrogen-bond donors (Lipinski definition) is 2. The van der Waals surface area contributed by atoms with E-state index < -0.39 is 4.92 Å². The molecule has 0 aliphatic carbocycles. The minimum atomic E-state index is -0.583. The molecule has 2 rings (SSSR count). The third-order valence-electron chi connectivity index (χ3n) is 2.84. The first-order valence-corrected chi connectivity index (χ1v) is 7.23. The summed E-state index contributed by atoms with van der Waals surface area (Å²) in [5.74, 6) is -0.363. The maximum Gasteiger partial charge on any atom is 0.292 e. The second kappa shape index (κ2) is 6.27. The van der Waals surface area contributed by atoms with Crippen molar-refractivity contribution in [2.75, 3.05) is 17.3 Å². The van der Waals surface area contributed by atoms with Crippen LogP contribution in [-0.2, 0) is 0 Å². The minimum Gasteiger partial charge on any atom is -0.393 e. The number of nitrogens with zero attached hydrogens (tertiary/aromatic N) is 1. The topological polar surface area (TPSA) is 98.3 Å². The molecular weight excluding hydrogens is 290 g/mol. The van der Waals surface area contributed by atoms with Gasteiger partial charge in [-0.05, 0) is 30.5 Å². The van der Waals surface area contributed by atoms with E-state index in [4.69, 9.17) is 5.73 Å². The Kier molecular flexibility index (Phi) is 4.44. The summed E-state index contributed by atoms with van der Waals surface area (Å²) >= 11 is 1.51. The lowest BCUT2D eigenvalue weighted by atomic mass is 10.1. The number of nitrogens with two attached hydrogens (primary N) is 1. The molecule has 0 bridgehead atoms. The van der Waals surface area contributed by atoms with E-state index in [0.29, 0.717) is 5.69 Å². The van der Waals surface area contributed by atoms with Crippen LogP contribution in [0.3, 0.4) is 0 Å². The fourth-order valence-electron chi connectivity index (χ4n) is 1.80. The molecule has 3 N–H and O–H groups in total. The summed E-state index contributed by atoms with van der Waals surface area (Å²) in [4.78, 5) is 23.2. The average molecular weight is 303 g/mol. The van der Waals surface area contributed by atoms with Crippen molar-refractivity contribution in [1.82, 2.24) is 0 Å². The van der Waals surface area contributed by atoms with Gasteiger partial charge in [-0.3, -0.25) is 14.9 Å². The number of nitrogen functional groups attached to an aromatic ring is 1. The summed E-state index contributed by atoms with van der Waals surface area (Å²) in [5, 5.41) is 13.5. The number of rotatable bonds is 4. The molecule has 2 aromatic rings. The lowest BCUT2D eigenvalue weighted by Crippen LogP contribution is -2.13. The molecule has 0 aliphatic rings. The molecule has 0 saturated carbocycles. The van der Waals surface area contributed by atoms with Crippen LogP contribution in [-0.4, -0.2) is 17.1 Å². The van der Waals surface area contributed by atoms with Crippen LogP contribution in [0.4, 0.5) is 17.1 Å². The van der Waals surface area contributed by atoms with Gasteiger partial charge in [0.2, 0.25) is 0 Å². The number of nitrogens with one attached hydrogen (secondary N) is 1. The number of para-hydroxylation sites is 1. The van der Waals surface area contributed by atoms with E-state index in [1.807, 2.05) is 24.5 Å². The Bertz CT molecular complexity index is 704. The van der Waals surface area contributed by atoms with Crippen molar-refractivity contribution in [3.05, 3.63) is 58.1 Å². The van der Waals surface area contributed by atoms with Gasteiger partial charge in [-0.2, -0.15) is 0 Å². The average Bonchev–Trinajstić information content (AvgIpc) is 2.47. The van der Waals surface area contributed by atoms with Crippen LogP contribution in [0.25, 0.3) is 0 Å². The van der Waals surface area contributed by atoms with Gasteiger partial charge >= 0.3 is 0 Å². The van der Waals surface area contributed by atoms with Crippen molar-refractivity contribution in [3.8, 4) is 0 Å². The third kappa shape index (κ3) is 3.32. The second-order valence-corrected chi connectivity index (χ2v) is 5.03. The summed E-state index contributed by atoms with van der Waals surface area (Å²) in [6.07, 6.45) is 1.91. The van der Waals surface area contributed by atoms with Crippen molar-refractivity contribution >= 4 is 34.7 Å². The van der Waals surface area contributed by atoms with E-state index in [1.165, 1.54) is 30.0 Å². The van der Waals surface area contributed by atoms with Gasteiger partial charge in [-0.25, -0.2) is 0 Å². The maximum absolute atomic E-state index is 12.2. The Morgan fingerprint density at radius 2 is 2.00 bits per heavy atom. The number of carbonyl (C=O) groups is 1. The van der Waals surface area contributed by atoms with Gasteiger partial charge in [0.1, 0.15) is 5.69 Å². The SMILES string of the molecule is CSc1ccccc1NC(=O)c1ccc([N+](=O)[O-])c(N)c1. The van der Waals surface area contributed by atoms with E-state index in [1.54, 1.807) is 6.07 Å². The highest BCUT2D eigenvalue weighted by Gasteiger charge is 2.15. The molecule has 7 heteroatoms. The first-order chi connectivity index (χ1) is 10.0. The molecule has 0 atom stereocenters. The number of hydrogen-bond acceptors (Lipinski definition) is 5. The van der Waals surface area contributed by atoms with Gasteiger partial charge < -0.3 is 11.1 Å². The Morgan fingerprint density at radius 1 is 1.29 bits per heavy atom. The number of benzene rings is 2. The lowest BCUT2D eigenvalue weighted by Gasteiger charge is -2.09. The first-order valence-electron chi connectivity index (χ1n) is 6.01. The molecule has 0 aromatic heterocycles. The number of nitro benzene ring substituents is 1. The van der Waals surface area contributed by atoms with Crippen molar-refractivity contribution in [2.24, 2.45) is 0 Å². The Hall–Kier alpha value is -2.54. The van der Waals surface area contributed by atoms with E-state index in [0.717, 1.165) is 4.90 Å². The van der Waals surface area contributed by atoms with E-state index in [2.05, 4.69) is 5.32 Å². The Labute approximate surface area is 125 Å². The standard InChI is InChI=1S/C14H13N3O3S/c1-21-13-5-3-2-4-11(13)16-14(18)9-6-7-12(17(19)20)10(15)8-9/h2-8H,15H2,1H3,(H,16,18). The van der Waals surface area contributed by atoms with Crippen LogP contribution in [0, 0.1) is 10.1 Å². The van der Waals surface area contributed by atoms with E-state index >= 15 is 0 Å². The van der Waals surface area contributed by atoms with Gasteiger partial charge in [0.05, 0.1) is 10.6 Å². The number of anilines is 2. The van der Waals surface area contributed by atoms with Crippen LogP contribution in [0.5, 0.6) is 0 Å². The van der Waals surface area contributed by atoms with E-state index in [9.17, 15) is 14.9 Å². The highest BCUT2D eigenvalue weighted by molar-refractivity contribution is 7.98. The molecular formula is C14H13N3O3S. The molecule has 6 nitrogen and oxygen atoms in total. The van der Waals surface area contributed by atoms with Crippen LogP contribution in [0.15, 0.2) is 47.4 Å². The smallest absolute Gasteiger partial charge is 0.292 e. The lowest BCUT2D eigenvalue weighted by molar-refractivity contribution is -0.383. The zero-order chi connectivity index (χ0) is 15.4. The normalized spacial score (nSPS) is 10.1. The monoisotopic (exact) mass is 303 g/mol. The van der Waals surface area contributed by atoms with Crippen molar-refractivity contribution < 1.29 is 9.72 Å². The zero-order valence-electron chi connectivity index (χ0n) is 11.2. The summed E-state index contributed by atoms with van der Waals surface area (Å²) in [6.45, 7) is 0. The second-order valence-electron chi connectivity index (χ2n) is 4.19. The zero-order valence-corrected chi connectivity index (χ0v) is 12.0. The molecule has 21 heavy (non-hydrogen) atoms. The van der Waals surface area contributed by atoms with Crippen molar-refractivity contribution in [3.63, 3.8) is 0 Å². The molecule has 2 aromatic carbocycles. The fourth-order valence-corrected chi connectivity index (χ4v) is 2.36. The molecule has 0 saturated heterocycles. The highest BCUT2D eigenvalue weighted by Crippen LogP contribution is 2.26. The summed E-state index contributed by atoms with van der Waals surface area (Å²) in [7, 11) is 0. The molecule has 0 fully saturated rings. The Balaban J connectivity index is 2.25. The van der Waals surface area contributed by atoms with Gasteiger partial charge in [0, 0.05) is 16.5 Å². The summed E-state index contributed by atoms with van der Waals surface area (Å²) < 4.78 is 0. The van der Waals surface area contributed by atoms with E-state index in [-0.39, 0.29) is 22.8 Å². The van der Waals surface area contributed by atoms with Gasteiger partial charge in [0.15, 0.2) is 0 Å². The predicted molar refractivity (Wildman–Crippen MR) is 83.7 cm³/mol. The summed E-state index contributed by atoms with van der Waals surface area (Å²) in [5.41, 5.74) is 6.29. The largest absolute Gasteiger partial charge is 0.393 e. The molecule has 0 aliphatic heterocycles. The minimum absolute atomic E-state index is 0.0363. The highest BCUT2D eigenvalue weighted by atomic mass is 32.2. The van der Waals surface area contributed by atoms with Crippen LogP contribution in [0.1, 0.15) is 10.4 Å². The molecule has 0 spiro atoms.